The van der Waals surface area contributed by atoms with Gasteiger partial charge >= 0.3 is 0 Å². The van der Waals surface area contributed by atoms with E-state index in [1.54, 1.807) is 4.90 Å². The van der Waals surface area contributed by atoms with Crippen molar-refractivity contribution in [2.75, 3.05) is 44.6 Å². The number of aryl methyl sites for hydroxylation is 1. The Balaban J connectivity index is 1.41. The van der Waals surface area contributed by atoms with Crippen LogP contribution in [0.4, 0.5) is 5.69 Å². The molecule has 0 spiro atoms. The monoisotopic (exact) mass is 353 g/mol. The molecular formula is C22H31N3O+2. The number of quaternary nitrogens is 2. The highest BCUT2D eigenvalue weighted by Gasteiger charge is 2.24. The lowest BCUT2D eigenvalue weighted by atomic mass is 10.1. The van der Waals surface area contributed by atoms with E-state index in [1.807, 2.05) is 12.1 Å². The van der Waals surface area contributed by atoms with Gasteiger partial charge in [0.25, 0.3) is 5.91 Å². The predicted molar refractivity (Wildman–Crippen MR) is 106 cm³/mol. The fourth-order valence-corrected chi connectivity index (χ4v) is 3.66. The number of benzene rings is 2. The topological polar surface area (TPSA) is 38.0 Å². The summed E-state index contributed by atoms with van der Waals surface area (Å²) in [7, 11) is 0. The minimum absolute atomic E-state index is 0.126. The summed E-state index contributed by atoms with van der Waals surface area (Å²) in [6.45, 7) is 10.3. The van der Waals surface area contributed by atoms with Crippen molar-refractivity contribution in [2.45, 2.75) is 20.3 Å². The van der Waals surface area contributed by atoms with Gasteiger partial charge in [0.15, 0.2) is 6.54 Å². The van der Waals surface area contributed by atoms with Crippen LogP contribution in [0.1, 0.15) is 16.7 Å². The second-order valence-corrected chi connectivity index (χ2v) is 7.46. The number of hydrogen-bond acceptors (Lipinski definition) is 1. The molecule has 1 saturated heterocycles. The number of rotatable bonds is 6. The number of carbonyl (C=O) groups is 1. The van der Waals surface area contributed by atoms with Crippen molar-refractivity contribution < 1.29 is 14.6 Å². The largest absolute Gasteiger partial charge is 0.325 e. The van der Waals surface area contributed by atoms with E-state index < -0.39 is 0 Å². The van der Waals surface area contributed by atoms with Gasteiger partial charge in [0, 0.05) is 12.1 Å². The molecule has 1 aliphatic rings. The number of nitrogens with one attached hydrogen (secondary N) is 3. The lowest BCUT2D eigenvalue weighted by molar-refractivity contribution is -1.01. The zero-order chi connectivity index (χ0) is 18.4. The SMILES string of the molecule is Cc1cccc(NC(=O)C[NH+]2CC[NH+](CCc3ccccc3)CC2)c1C. The molecule has 2 aromatic carbocycles. The molecule has 26 heavy (non-hydrogen) atoms. The lowest BCUT2D eigenvalue weighted by Gasteiger charge is -2.29. The first-order valence-corrected chi connectivity index (χ1v) is 9.69. The highest BCUT2D eigenvalue weighted by Crippen LogP contribution is 2.17. The lowest BCUT2D eigenvalue weighted by Crippen LogP contribution is -3.28. The summed E-state index contributed by atoms with van der Waals surface area (Å²) in [6.07, 6.45) is 1.14. The fourth-order valence-electron chi connectivity index (χ4n) is 3.66. The van der Waals surface area contributed by atoms with Crippen LogP contribution in [-0.4, -0.2) is 45.2 Å². The van der Waals surface area contributed by atoms with Crippen molar-refractivity contribution in [2.24, 2.45) is 0 Å². The Kier molecular flexibility index (Phi) is 6.42. The minimum Gasteiger partial charge on any atom is -0.325 e. The third kappa shape index (κ3) is 5.16. The molecule has 1 amide bonds. The summed E-state index contributed by atoms with van der Waals surface area (Å²) in [5.74, 6) is 0.126. The highest BCUT2D eigenvalue weighted by molar-refractivity contribution is 5.92. The van der Waals surface area contributed by atoms with Gasteiger partial charge < -0.3 is 15.1 Å². The van der Waals surface area contributed by atoms with E-state index in [9.17, 15) is 4.79 Å². The van der Waals surface area contributed by atoms with Crippen molar-refractivity contribution >= 4 is 11.6 Å². The third-order valence-electron chi connectivity index (χ3n) is 5.56. The van der Waals surface area contributed by atoms with Gasteiger partial charge in [-0.05, 0) is 36.6 Å². The van der Waals surface area contributed by atoms with Crippen LogP contribution in [0.2, 0.25) is 0 Å². The van der Waals surface area contributed by atoms with Crippen molar-refractivity contribution in [1.29, 1.82) is 0 Å². The van der Waals surface area contributed by atoms with E-state index in [0.717, 1.165) is 43.9 Å². The van der Waals surface area contributed by atoms with Crippen LogP contribution in [0.5, 0.6) is 0 Å². The molecule has 0 unspecified atom stereocenters. The second kappa shape index (κ2) is 8.97. The van der Waals surface area contributed by atoms with Gasteiger partial charge in [-0.25, -0.2) is 0 Å². The maximum Gasteiger partial charge on any atom is 0.279 e. The van der Waals surface area contributed by atoms with Gasteiger partial charge in [-0.3, -0.25) is 4.79 Å². The van der Waals surface area contributed by atoms with Crippen LogP contribution in [0.25, 0.3) is 0 Å². The number of anilines is 1. The van der Waals surface area contributed by atoms with Crippen molar-refractivity contribution in [3.05, 3.63) is 65.2 Å². The van der Waals surface area contributed by atoms with Crippen molar-refractivity contribution in [3.8, 4) is 0 Å². The summed E-state index contributed by atoms with van der Waals surface area (Å²) < 4.78 is 0. The van der Waals surface area contributed by atoms with Crippen LogP contribution in [-0.2, 0) is 11.2 Å². The van der Waals surface area contributed by atoms with Crippen LogP contribution < -0.4 is 15.1 Å². The van der Waals surface area contributed by atoms with E-state index in [2.05, 4.69) is 55.6 Å². The normalized spacial score (nSPS) is 19.9. The molecule has 2 aromatic rings. The third-order valence-corrected chi connectivity index (χ3v) is 5.56. The zero-order valence-electron chi connectivity index (χ0n) is 16.0. The number of piperazine rings is 1. The van der Waals surface area contributed by atoms with E-state index >= 15 is 0 Å². The molecule has 0 aliphatic carbocycles. The molecule has 0 atom stereocenters. The summed E-state index contributed by atoms with van der Waals surface area (Å²) in [4.78, 5) is 15.5. The van der Waals surface area contributed by atoms with Gasteiger partial charge in [-0.15, -0.1) is 0 Å². The summed E-state index contributed by atoms with van der Waals surface area (Å²) in [5.41, 5.74) is 4.74. The Morgan fingerprint density at radius 3 is 2.35 bits per heavy atom. The quantitative estimate of drug-likeness (QED) is 0.685. The van der Waals surface area contributed by atoms with Crippen LogP contribution in [0, 0.1) is 13.8 Å². The first-order chi connectivity index (χ1) is 12.6. The molecule has 1 heterocycles. The average molecular weight is 354 g/mol. The van der Waals surface area contributed by atoms with Crippen molar-refractivity contribution in [1.82, 2.24) is 0 Å². The number of carbonyl (C=O) groups excluding carboxylic acids is 1. The first kappa shape index (κ1) is 18.6. The first-order valence-electron chi connectivity index (χ1n) is 9.69. The molecule has 0 saturated carbocycles. The summed E-state index contributed by atoms with van der Waals surface area (Å²) in [5, 5.41) is 3.09. The number of amides is 1. The van der Waals surface area contributed by atoms with Crippen molar-refractivity contribution in [3.63, 3.8) is 0 Å². The Bertz CT molecular complexity index is 721. The van der Waals surface area contributed by atoms with E-state index in [-0.39, 0.29) is 5.91 Å². The zero-order valence-corrected chi connectivity index (χ0v) is 16.0. The Hall–Kier alpha value is -2.17. The molecule has 4 heteroatoms. The van der Waals surface area contributed by atoms with Gasteiger partial charge in [0.1, 0.15) is 26.2 Å². The van der Waals surface area contributed by atoms with E-state index in [4.69, 9.17) is 0 Å². The molecule has 3 N–H and O–H groups in total. The van der Waals surface area contributed by atoms with Gasteiger partial charge in [-0.2, -0.15) is 0 Å². The van der Waals surface area contributed by atoms with Gasteiger partial charge in [0.05, 0.1) is 6.54 Å². The van der Waals surface area contributed by atoms with E-state index in [0.29, 0.717) is 6.54 Å². The summed E-state index contributed by atoms with van der Waals surface area (Å²) >= 11 is 0. The molecule has 1 fully saturated rings. The molecule has 0 bridgehead atoms. The molecule has 138 valence electrons. The fraction of sp³-hybridized carbons (Fsp3) is 0.409. The molecule has 0 radical (unpaired) electrons. The highest BCUT2D eigenvalue weighted by atomic mass is 16.2. The average Bonchev–Trinajstić information content (AvgIpc) is 2.66. The molecule has 1 aliphatic heterocycles. The Labute approximate surface area is 156 Å². The second-order valence-electron chi connectivity index (χ2n) is 7.46. The number of hydrogen-bond donors (Lipinski definition) is 3. The maximum atomic E-state index is 12.4. The Morgan fingerprint density at radius 2 is 1.62 bits per heavy atom. The molecule has 4 nitrogen and oxygen atoms in total. The van der Waals surface area contributed by atoms with Gasteiger partial charge in [0.2, 0.25) is 0 Å². The van der Waals surface area contributed by atoms with Crippen LogP contribution in [0.15, 0.2) is 48.5 Å². The van der Waals surface area contributed by atoms with Crippen LogP contribution in [0.3, 0.4) is 0 Å². The molecule has 0 aromatic heterocycles. The smallest absolute Gasteiger partial charge is 0.279 e. The Morgan fingerprint density at radius 1 is 0.923 bits per heavy atom. The van der Waals surface area contributed by atoms with Crippen LogP contribution >= 0.6 is 0 Å². The summed E-state index contributed by atoms with van der Waals surface area (Å²) in [6, 6.07) is 16.8. The molecular weight excluding hydrogens is 322 g/mol. The van der Waals surface area contributed by atoms with Gasteiger partial charge in [-0.1, -0.05) is 42.5 Å². The van der Waals surface area contributed by atoms with E-state index in [1.165, 1.54) is 22.6 Å². The minimum atomic E-state index is 0.126. The molecule has 3 rings (SSSR count). The maximum absolute atomic E-state index is 12.4. The predicted octanol–water partition coefficient (Wildman–Crippen LogP) is 0.268. The standard InChI is InChI=1S/C22H29N3O/c1-18-7-6-10-21(19(18)2)23-22(26)17-25-15-13-24(14-16-25)12-11-20-8-4-3-5-9-20/h3-10H,11-17H2,1-2H3,(H,23,26)/p+2.